The molecular formula is C31H32N4O8. The molecule has 0 aliphatic rings. The van der Waals surface area contributed by atoms with Crippen LogP contribution in [-0.4, -0.2) is 51.7 Å². The smallest absolute Gasteiger partial charge is 0.341 e. The van der Waals surface area contributed by atoms with Gasteiger partial charge in [-0.1, -0.05) is 26.0 Å². The van der Waals surface area contributed by atoms with E-state index in [1.807, 2.05) is 39.8 Å². The lowest BCUT2D eigenvalue weighted by Crippen LogP contribution is -2.21. The van der Waals surface area contributed by atoms with Gasteiger partial charge in [-0.15, -0.1) is 0 Å². The van der Waals surface area contributed by atoms with Crippen molar-refractivity contribution in [3.63, 3.8) is 0 Å². The standard InChI is InChI=1S/C31H32N4O8/c1-6-41-26-12-19(5)23(15-22(26)18(3)4)30-33-24-11-9-8-10-21(24)31(38)34(30)32-16-20-13-25(35(39)40)29(43-17-28(36)37)27(14-20)42-7-2/h8-16,18H,6-7,17H2,1-5H3,(H,36,37). The molecule has 0 unspecified atom stereocenters. The second-order valence-electron chi connectivity index (χ2n) is 9.85. The maximum absolute atomic E-state index is 13.8. The molecule has 0 aliphatic carbocycles. The minimum atomic E-state index is -1.30. The monoisotopic (exact) mass is 588 g/mol. The van der Waals surface area contributed by atoms with Crippen LogP contribution < -0.4 is 19.8 Å². The van der Waals surface area contributed by atoms with Crippen LogP contribution in [0.5, 0.6) is 17.2 Å². The van der Waals surface area contributed by atoms with Gasteiger partial charge in [0.15, 0.2) is 18.2 Å². The van der Waals surface area contributed by atoms with Gasteiger partial charge in [-0.2, -0.15) is 9.78 Å². The van der Waals surface area contributed by atoms with Crippen molar-refractivity contribution >= 4 is 28.8 Å². The molecule has 0 amide bonds. The van der Waals surface area contributed by atoms with E-state index < -0.39 is 28.7 Å². The van der Waals surface area contributed by atoms with Gasteiger partial charge in [0.25, 0.3) is 5.56 Å². The van der Waals surface area contributed by atoms with E-state index in [4.69, 9.17) is 24.3 Å². The molecule has 3 aromatic carbocycles. The van der Waals surface area contributed by atoms with Crippen molar-refractivity contribution in [2.45, 2.75) is 40.5 Å². The fourth-order valence-electron chi connectivity index (χ4n) is 4.56. The molecule has 0 spiro atoms. The number of ether oxygens (including phenoxy) is 3. The van der Waals surface area contributed by atoms with E-state index >= 15 is 0 Å². The lowest BCUT2D eigenvalue weighted by molar-refractivity contribution is -0.385. The summed E-state index contributed by atoms with van der Waals surface area (Å²) in [5, 5.41) is 25.7. The second-order valence-corrected chi connectivity index (χ2v) is 9.85. The summed E-state index contributed by atoms with van der Waals surface area (Å²) >= 11 is 0. The molecule has 12 heteroatoms. The van der Waals surface area contributed by atoms with Crippen molar-refractivity contribution in [3.8, 4) is 28.6 Å². The van der Waals surface area contributed by atoms with Crippen molar-refractivity contribution in [2.75, 3.05) is 19.8 Å². The molecule has 0 atom stereocenters. The summed E-state index contributed by atoms with van der Waals surface area (Å²) in [5.74, 6) is -0.510. The van der Waals surface area contributed by atoms with Crippen molar-refractivity contribution in [2.24, 2.45) is 5.10 Å². The maximum atomic E-state index is 13.8. The van der Waals surface area contributed by atoms with Crippen LogP contribution in [0.3, 0.4) is 0 Å². The fourth-order valence-corrected chi connectivity index (χ4v) is 4.56. The van der Waals surface area contributed by atoms with Crippen LogP contribution in [0, 0.1) is 17.0 Å². The lowest BCUT2D eigenvalue weighted by Gasteiger charge is -2.18. The van der Waals surface area contributed by atoms with Gasteiger partial charge in [0, 0.05) is 17.2 Å². The Bertz CT molecular complexity index is 1780. The minimum Gasteiger partial charge on any atom is -0.494 e. The maximum Gasteiger partial charge on any atom is 0.341 e. The number of aromatic nitrogens is 2. The number of hydrogen-bond donors (Lipinski definition) is 1. The number of aliphatic carboxylic acids is 1. The van der Waals surface area contributed by atoms with Gasteiger partial charge < -0.3 is 19.3 Å². The van der Waals surface area contributed by atoms with E-state index in [-0.39, 0.29) is 35.4 Å². The lowest BCUT2D eigenvalue weighted by atomic mass is 9.96. The number of nitrogens with zero attached hydrogens (tertiary/aromatic N) is 4. The molecule has 43 heavy (non-hydrogen) atoms. The summed E-state index contributed by atoms with van der Waals surface area (Å²) in [6.45, 7) is 9.40. The van der Waals surface area contributed by atoms with E-state index in [1.165, 1.54) is 18.3 Å². The number of carbonyl (C=O) groups is 1. The van der Waals surface area contributed by atoms with Gasteiger partial charge in [0.1, 0.15) is 5.75 Å². The highest BCUT2D eigenvalue weighted by Gasteiger charge is 2.24. The van der Waals surface area contributed by atoms with Crippen LogP contribution in [0.25, 0.3) is 22.3 Å². The van der Waals surface area contributed by atoms with Crippen molar-refractivity contribution < 1.29 is 29.0 Å². The zero-order valence-corrected chi connectivity index (χ0v) is 24.5. The third-order valence-corrected chi connectivity index (χ3v) is 6.49. The largest absolute Gasteiger partial charge is 0.494 e. The molecule has 1 N–H and O–H groups in total. The van der Waals surface area contributed by atoms with E-state index in [1.54, 1.807) is 31.2 Å². The van der Waals surface area contributed by atoms with Gasteiger partial charge in [-0.25, -0.2) is 9.78 Å². The van der Waals surface area contributed by atoms with E-state index in [2.05, 4.69) is 5.10 Å². The van der Waals surface area contributed by atoms with Crippen LogP contribution in [0.15, 0.2) is 58.4 Å². The average Bonchev–Trinajstić information content (AvgIpc) is 2.96. The molecule has 0 aliphatic heterocycles. The molecule has 0 saturated heterocycles. The van der Waals surface area contributed by atoms with Crippen molar-refractivity contribution in [1.82, 2.24) is 9.66 Å². The topological polar surface area (TPSA) is 155 Å². The summed E-state index contributed by atoms with van der Waals surface area (Å²) in [6.07, 6.45) is 1.28. The minimum absolute atomic E-state index is 0.0347. The Morgan fingerprint density at radius 1 is 1.09 bits per heavy atom. The predicted octanol–water partition coefficient (Wildman–Crippen LogP) is 5.55. The highest BCUT2D eigenvalue weighted by atomic mass is 16.6. The zero-order valence-electron chi connectivity index (χ0n) is 24.5. The highest BCUT2D eigenvalue weighted by Crippen LogP contribution is 2.38. The Labute approximate surface area is 247 Å². The normalized spacial score (nSPS) is 11.3. The molecule has 0 saturated carbocycles. The number of para-hydroxylation sites is 1. The van der Waals surface area contributed by atoms with Crippen LogP contribution in [0.1, 0.15) is 50.3 Å². The SMILES string of the molecule is CCOc1cc(C)c(-c2nc3ccccc3c(=O)n2N=Cc2cc(OCC)c(OCC(=O)O)c([N+](=O)[O-])c2)cc1C(C)C. The Kier molecular flexibility index (Phi) is 9.39. The number of fused-ring (bicyclic) bond motifs is 1. The molecule has 224 valence electrons. The first-order valence-corrected chi connectivity index (χ1v) is 13.7. The number of aryl methyl sites for hydroxylation is 1. The molecule has 0 fully saturated rings. The van der Waals surface area contributed by atoms with Crippen molar-refractivity contribution in [3.05, 3.63) is 85.7 Å². The van der Waals surface area contributed by atoms with Crippen LogP contribution in [0.2, 0.25) is 0 Å². The number of nitro benzene ring substituents is 1. The number of rotatable bonds is 12. The van der Waals surface area contributed by atoms with Crippen LogP contribution in [-0.2, 0) is 4.79 Å². The van der Waals surface area contributed by atoms with E-state index in [9.17, 15) is 19.7 Å². The number of nitro groups is 1. The molecule has 1 aromatic heterocycles. The Balaban J connectivity index is 1.94. The van der Waals surface area contributed by atoms with Crippen LogP contribution in [0.4, 0.5) is 5.69 Å². The van der Waals surface area contributed by atoms with Crippen LogP contribution >= 0.6 is 0 Å². The van der Waals surface area contributed by atoms with E-state index in [0.717, 1.165) is 21.6 Å². The average molecular weight is 589 g/mol. The Morgan fingerprint density at radius 3 is 2.44 bits per heavy atom. The van der Waals surface area contributed by atoms with Gasteiger partial charge in [0.2, 0.25) is 5.75 Å². The summed E-state index contributed by atoms with van der Waals surface area (Å²) < 4.78 is 17.8. The van der Waals surface area contributed by atoms with Gasteiger partial charge in [0.05, 0.1) is 35.3 Å². The zero-order chi connectivity index (χ0) is 31.3. The first-order valence-electron chi connectivity index (χ1n) is 13.7. The number of benzene rings is 3. The first-order chi connectivity index (χ1) is 20.5. The van der Waals surface area contributed by atoms with Gasteiger partial charge in [-0.05, 0) is 68.1 Å². The van der Waals surface area contributed by atoms with E-state index in [0.29, 0.717) is 23.1 Å². The van der Waals surface area contributed by atoms with Gasteiger partial charge >= 0.3 is 11.7 Å². The molecule has 0 radical (unpaired) electrons. The molecule has 4 rings (SSSR count). The summed E-state index contributed by atoms with van der Waals surface area (Å²) in [6, 6.07) is 13.4. The summed E-state index contributed by atoms with van der Waals surface area (Å²) in [4.78, 5) is 40.8. The summed E-state index contributed by atoms with van der Waals surface area (Å²) in [7, 11) is 0. The molecule has 0 bridgehead atoms. The van der Waals surface area contributed by atoms with Gasteiger partial charge in [-0.3, -0.25) is 14.9 Å². The third-order valence-electron chi connectivity index (χ3n) is 6.49. The molecule has 12 nitrogen and oxygen atoms in total. The third kappa shape index (κ3) is 6.64. The summed E-state index contributed by atoms with van der Waals surface area (Å²) in [5.41, 5.74) is 2.18. The highest BCUT2D eigenvalue weighted by molar-refractivity contribution is 5.85. The molecular weight excluding hydrogens is 556 g/mol. The molecule has 1 heterocycles. The number of hydrogen-bond acceptors (Lipinski definition) is 9. The quantitative estimate of drug-likeness (QED) is 0.127. The Hall–Kier alpha value is -5.26. The number of carboxylic acid groups (broad SMARTS) is 1. The second kappa shape index (κ2) is 13.1. The first kappa shape index (κ1) is 30.7. The predicted molar refractivity (Wildman–Crippen MR) is 162 cm³/mol. The fraction of sp³-hybridized carbons (Fsp3) is 0.290. The number of carboxylic acids is 1. The van der Waals surface area contributed by atoms with Crippen molar-refractivity contribution in [1.29, 1.82) is 0 Å². The molecule has 4 aromatic rings. The Morgan fingerprint density at radius 2 is 1.79 bits per heavy atom.